The predicted molar refractivity (Wildman–Crippen MR) is 123 cm³/mol. The summed E-state index contributed by atoms with van der Waals surface area (Å²) in [5, 5.41) is 7.90. The normalized spacial score (nSPS) is 16.4. The van der Waals surface area contributed by atoms with E-state index < -0.39 is 0 Å². The van der Waals surface area contributed by atoms with Crippen LogP contribution in [0.15, 0.2) is 42.7 Å². The molecule has 5 rings (SSSR count). The summed E-state index contributed by atoms with van der Waals surface area (Å²) < 4.78 is 1.84. The van der Waals surface area contributed by atoms with Gasteiger partial charge in [0, 0.05) is 37.8 Å². The molecule has 0 bridgehead atoms. The van der Waals surface area contributed by atoms with Crippen LogP contribution in [0.5, 0.6) is 0 Å². The van der Waals surface area contributed by atoms with E-state index in [1.807, 2.05) is 35.1 Å². The first kappa shape index (κ1) is 19.6. The third-order valence-corrected chi connectivity index (χ3v) is 6.43. The highest BCUT2D eigenvalue weighted by atomic mass is 16.2. The molecule has 2 aromatic heterocycles. The molecule has 1 N–H and O–H groups in total. The van der Waals surface area contributed by atoms with Crippen molar-refractivity contribution in [3.8, 4) is 0 Å². The Bertz CT molecular complexity index is 1130. The lowest BCUT2D eigenvalue weighted by Gasteiger charge is -2.35. The summed E-state index contributed by atoms with van der Waals surface area (Å²) in [4.78, 5) is 22.5. The highest BCUT2D eigenvalue weighted by Crippen LogP contribution is 2.38. The minimum atomic E-state index is 0.00708. The number of fused-ring (bicyclic) bond motifs is 2. The SMILES string of the molecule is Cc1ccc2c(c1)Nc1c(cnn1C)CN2C(=O)C1CCN(c2ncccc2C)CC1. The minimum absolute atomic E-state index is 0.00708. The lowest BCUT2D eigenvalue weighted by Crippen LogP contribution is -2.42. The maximum atomic E-state index is 13.7. The third kappa shape index (κ3) is 3.54. The summed E-state index contributed by atoms with van der Waals surface area (Å²) >= 11 is 0. The standard InChI is InChI=1S/C24H28N6O/c1-16-6-7-21-20(13-16)27-23-19(14-26-28(23)3)15-30(21)24(31)18-8-11-29(12-9-18)22-17(2)5-4-10-25-22/h4-7,10,13-14,18,27H,8-9,11-12,15H2,1-3H3. The molecule has 2 aliphatic rings. The maximum Gasteiger partial charge on any atom is 0.230 e. The molecule has 1 fully saturated rings. The van der Waals surface area contributed by atoms with Gasteiger partial charge in [-0.05, 0) is 56.0 Å². The molecular weight excluding hydrogens is 388 g/mol. The number of pyridine rings is 1. The van der Waals surface area contributed by atoms with Crippen molar-refractivity contribution in [1.29, 1.82) is 0 Å². The van der Waals surface area contributed by atoms with Crippen LogP contribution in [0.3, 0.4) is 0 Å². The van der Waals surface area contributed by atoms with Crippen molar-refractivity contribution in [3.63, 3.8) is 0 Å². The Kier molecular flexibility index (Phi) is 4.88. The average Bonchev–Trinajstić information content (AvgIpc) is 3.02. The van der Waals surface area contributed by atoms with Gasteiger partial charge in [0.25, 0.3) is 0 Å². The van der Waals surface area contributed by atoms with Gasteiger partial charge in [-0.1, -0.05) is 12.1 Å². The van der Waals surface area contributed by atoms with Crippen molar-refractivity contribution in [2.24, 2.45) is 13.0 Å². The van der Waals surface area contributed by atoms with Gasteiger partial charge >= 0.3 is 0 Å². The highest BCUT2D eigenvalue weighted by Gasteiger charge is 2.33. The van der Waals surface area contributed by atoms with Crippen LogP contribution in [-0.2, 0) is 18.4 Å². The molecule has 0 aliphatic carbocycles. The molecule has 0 atom stereocenters. The number of piperidine rings is 1. The third-order valence-electron chi connectivity index (χ3n) is 6.43. The number of carbonyl (C=O) groups excluding carboxylic acids is 1. The van der Waals surface area contributed by atoms with E-state index in [1.54, 1.807) is 0 Å². The van der Waals surface area contributed by atoms with Gasteiger partial charge < -0.3 is 15.1 Å². The summed E-state index contributed by atoms with van der Waals surface area (Å²) in [5.41, 5.74) is 5.26. The van der Waals surface area contributed by atoms with Crippen LogP contribution in [-0.4, -0.2) is 33.8 Å². The van der Waals surface area contributed by atoms with Crippen LogP contribution >= 0.6 is 0 Å². The molecule has 0 unspecified atom stereocenters. The zero-order valence-corrected chi connectivity index (χ0v) is 18.3. The number of hydrogen-bond acceptors (Lipinski definition) is 5. The molecule has 0 saturated carbocycles. The number of nitrogens with one attached hydrogen (secondary N) is 1. The number of nitrogens with zero attached hydrogens (tertiary/aromatic N) is 5. The van der Waals surface area contributed by atoms with Crippen LogP contribution in [0.1, 0.15) is 29.5 Å². The second kappa shape index (κ2) is 7.72. The Morgan fingerprint density at radius 3 is 2.74 bits per heavy atom. The topological polar surface area (TPSA) is 66.3 Å². The van der Waals surface area contributed by atoms with E-state index in [0.29, 0.717) is 6.54 Å². The largest absolute Gasteiger partial charge is 0.356 e. The summed E-state index contributed by atoms with van der Waals surface area (Å²) in [6.07, 6.45) is 5.36. The Labute approximate surface area is 182 Å². The number of aromatic nitrogens is 3. The zero-order valence-electron chi connectivity index (χ0n) is 18.3. The number of anilines is 4. The molecule has 0 spiro atoms. The van der Waals surface area contributed by atoms with E-state index in [0.717, 1.165) is 60.1 Å². The highest BCUT2D eigenvalue weighted by molar-refractivity contribution is 5.99. The van der Waals surface area contributed by atoms with Crippen molar-refractivity contribution >= 4 is 28.9 Å². The summed E-state index contributed by atoms with van der Waals surface area (Å²) in [7, 11) is 1.92. The van der Waals surface area contributed by atoms with Crippen LogP contribution in [0, 0.1) is 19.8 Å². The first-order chi connectivity index (χ1) is 15.0. The number of hydrogen-bond donors (Lipinski definition) is 1. The Morgan fingerprint density at radius 2 is 1.97 bits per heavy atom. The van der Waals surface area contributed by atoms with Gasteiger partial charge in [-0.3, -0.25) is 9.48 Å². The molecule has 3 aromatic rings. The van der Waals surface area contributed by atoms with Crippen molar-refractivity contribution in [2.75, 3.05) is 28.2 Å². The Balaban J connectivity index is 1.40. The lowest BCUT2D eigenvalue weighted by molar-refractivity contribution is -0.123. The van der Waals surface area contributed by atoms with E-state index >= 15 is 0 Å². The molecule has 1 amide bonds. The molecule has 7 heteroatoms. The molecular formula is C24H28N6O. The lowest BCUT2D eigenvalue weighted by atomic mass is 9.94. The molecule has 1 saturated heterocycles. The molecule has 2 aliphatic heterocycles. The summed E-state index contributed by atoms with van der Waals surface area (Å²) in [5.74, 6) is 2.18. The minimum Gasteiger partial charge on any atom is -0.356 e. The predicted octanol–water partition coefficient (Wildman–Crippen LogP) is 3.94. The number of carbonyl (C=O) groups is 1. The van der Waals surface area contributed by atoms with E-state index in [1.165, 1.54) is 5.56 Å². The second-order valence-corrected chi connectivity index (χ2v) is 8.62. The van der Waals surface area contributed by atoms with Gasteiger partial charge in [-0.25, -0.2) is 4.98 Å². The van der Waals surface area contributed by atoms with E-state index in [4.69, 9.17) is 0 Å². The van der Waals surface area contributed by atoms with Gasteiger partial charge in [0.05, 0.1) is 24.1 Å². The van der Waals surface area contributed by atoms with Crippen LogP contribution in [0.25, 0.3) is 0 Å². The van der Waals surface area contributed by atoms with Crippen LogP contribution < -0.4 is 15.1 Å². The number of benzene rings is 1. The molecule has 160 valence electrons. The van der Waals surface area contributed by atoms with Crippen molar-refractivity contribution in [3.05, 3.63) is 59.4 Å². The summed E-state index contributed by atoms with van der Waals surface area (Å²) in [6, 6.07) is 10.3. The van der Waals surface area contributed by atoms with Gasteiger partial charge in [-0.2, -0.15) is 5.10 Å². The molecule has 0 radical (unpaired) electrons. The first-order valence-corrected chi connectivity index (χ1v) is 10.9. The van der Waals surface area contributed by atoms with Crippen LogP contribution in [0.4, 0.5) is 23.0 Å². The van der Waals surface area contributed by atoms with Crippen molar-refractivity contribution < 1.29 is 4.79 Å². The summed E-state index contributed by atoms with van der Waals surface area (Å²) in [6.45, 7) is 6.38. The van der Waals surface area contributed by atoms with Gasteiger partial charge in [-0.15, -0.1) is 0 Å². The monoisotopic (exact) mass is 416 g/mol. The van der Waals surface area contributed by atoms with Crippen LogP contribution in [0.2, 0.25) is 0 Å². The fourth-order valence-corrected chi connectivity index (χ4v) is 4.69. The molecule has 1 aromatic carbocycles. The quantitative estimate of drug-likeness (QED) is 0.685. The van der Waals surface area contributed by atoms with E-state index in [2.05, 4.69) is 58.4 Å². The van der Waals surface area contributed by atoms with E-state index in [9.17, 15) is 4.79 Å². The molecule has 7 nitrogen and oxygen atoms in total. The molecule has 4 heterocycles. The fourth-order valence-electron chi connectivity index (χ4n) is 4.69. The van der Waals surface area contributed by atoms with Crippen molar-refractivity contribution in [1.82, 2.24) is 14.8 Å². The Morgan fingerprint density at radius 1 is 1.16 bits per heavy atom. The second-order valence-electron chi connectivity index (χ2n) is 8.62. The van der Waals surface area contributed by atoms with Gasteiger partial charge in [0.2, 0.25) is 5.91 Å². The maximum absolute atomic E-state index is 13.7. The average molecular weight is 417 g/mol. The number of rotatable bonds is 2. The first-order valence-electron chi connectivity index (χ1n) is 10.9. The number of amides is 1. The zero-order chi connectivity index (χ0) is 21.5. The Hall–Kier alpha value is -3.35. The number of aryl methyl sites for hydroxylation is 3. The van der Waals surface area contributed by atoms with Gasteiger partial charge in [0.1, 0.15) is 11.6 Å². The smallest absolute Gasteiger partial charge is 0.230 e. The van der Waals surface area contributed by atoms with E-state index in [-0.39, 0.29) is 11.8 Å². The molecule has 31 heavy (non-hydrogen) atoms. The fraction of sp³-hybridized carbons (Fsp3) is 0.375. The van der Waals surface area contributed by atoms with Crippen molar-refractivity contribution in [2.45, 2.75) is 33.2 Å². The van der Waals surface area contributed by atoms with Gasteiger partial charge in [0.15, 0.2) is 0 Å².